The summed E-state index contributed by atoms with van der Waals surface area (Å²) in [7, 11) is -3.38. The number of rotatable bonds is 6. The minimum atomic E-state index is -3.38. The first-order chi connectivity index (χ1) is 12.4. The molecule has 1 unspecified atom stereocenters. The lowest BCUT2D eigenvalue weighted by molar-refractivity contribution is 0.102. The van der Waals surface area contributed by atoms with Crippen LogP contribution in [0.2, 0.25) is 0 Å². The van der Waals surface area contributed by atoms with Gasteiger partial charge in [0.05, 0.1) is 30.7 Å². The zero-order valence-electron chi connectivity index (χ0n) is 14.1. The maximum absolute atomic E-state index is 12.3. The van der Waals surface area contributed by atoms with Crippen molar-refractivity contribution < 1.29 is 22.7 Å². The van der Waals surface area contributed by atoms with Crippen molar-refractivity contribution in [3.63, 3.8) is 0 Å². The van der Waals surface area contributed by atoms with Crippen molar-refractivity contribution in [2.75, 3.05) is 29.5 Å². The molecule has 1 saturated heterocycles. The molecule has 1 atom stereocenters. The van der Waals surface area contributed by atoms with Gasteiger partial charge in [0.2, 0.25) is 15.9 Å². The zero-order valence-corrected chi connectivity index (χ0v) is 15.0. The number of amides is 1. The molecule has 2 N–H and O–H groups in total. The van der Waals surface area contributed by atoms with Gasteiger partial charge in [-0.25, -0.2) is 13.4 Å². The van der Waals surface area contributed by atoms with Crippen LogP contribution in [-0.2, 0) is 14.8 Å². The number of aromatic nitrogens is 1. The van der Waals surface area contributed by atoms with E-state index in [0.717, 1.165) is 12.7 Å². The maximum atomic E-state index is 12.3. The Bertz CT molecular complexity index is 878. The smallest absolute Gasteiger partial charge is 0.257 e. The van der Waals surface area contributed by atoms with Gasteiger partial charge in [-0.3, -0.25) is 9.52 Å². The Kier molecular flexibility index (Phi) is 5.38. The summed E-state index contributed by atoms with van der Waals surface area (Å²) in [6.07, 6.45) is 3.30. The third kappa shape index (κ3) is 5.17. The van der Waals surface area contributed by atoms with Crippen LogP contribution in [0.25, 0.3) is 0 Å². The fraction of sp³-hybridized carbons (Fsp3) is 0.294. The van der Waals surface area contributed by atoms with Crippen LogP contribution >= 0.6 is 0 Å². The fourth-order valence-corrected chi connectivity index (χ4v) is 2.99. The standard InChI is InChI=1S/C17H19N3O5S/c1-26(22,23)20-14-4-2-3-13(9-14)19-17(21)12-5-6-16(18-10-12)25-15-7-8-24-11-15/h2-6,9-10,15,20H,7-8,11H2,1H3,(H,19,21). The molecule has 0 aliphatic carbocycles. The Hall–Kier alpha value is -2.65. The van der Waals surface area contributed by atoms with Gasteiger partial charge in [-0.05, 0) is 24.3 Å². The first kappa shape index (κ1) is 18.2. The van der Waals surface area contributed by atoms with E-state index in [1.807, 2.05) is 0 Å². The minimum Gasteiger partial charge on any atom is -0.472 e. The first-order valence-electron chi connectivity index (χ1n) is 7.99. The van der Waals surface area contributed by atoms with Crippen LogP contribution in [0.15, 0.2) is 42.6 Å². The Morgan fingerprint density at radius 1 is 1.27 bits per heavy atom. The van der Waals surface area contributed by atoms with Crippen LogP contribution in [0.4, 0.5) is 11.4 Å². The SMILES string of the molecule is CS(=O)(=O)Nc1cccc(NC(=O)c2ccc(OC3CCOC3)nc2)c1. The Balaban J connectivity index is 1.63. The highest BCUT2D eigenvalue weighted by Gasteiger charge is 2.18. The Labute approximate surface area is 151 Å². The summed E-state index contributed by atoms with van der Waals surface area (Å²) in [5.74, 6) is 0.0844. The van der Waals surface area contributed by atoms with Crippen LogP contribution in [-0.4, -0.2) is 44.9 Å². The van der Waals surface area contributed by atoms with Crippen LogP contribution in [0.1, 0.15) is 16.8 Å². The molecule has 9 heteroatoms. The molecule has 0 bridgehead atoms. The van der Waals surface area contributed by atoms with Crippen molar-refractivity contribution in [2.45, 2.75) is 12.5 Å². The highest BCUT2D eigenvalue weighted by Crippen LogP contribution is 2.18. The van der Waals surface area contributed by atoms with E-state index in [-0.39, 0.29) is 12.0 Å². The van der Waals surface area contributed by atoms with E-state index in [9.17, 15) is 13.2 Å². The van der Waals surface area contributed by atoms with Crippen LogP contribution in [0.3, 0.4) is 0 Å². The molecule has 3 rings (SSSR count). The van der Waals surface area contributed by atoms with Gasteiger partial charge < -0.3 is 14.8 Å². The van der Waals surface area contributed by atoms with Crippen molar-refractivity contribution in [3.8, 4) is 5.88 Å². The quantitative estimate of drug-likeness (QED) is 0.796. The van der Waals surface area contributed by atoms with Gasteiger partial charge in [-0.2, -0.15) is 0 Å². The molecule has 1 aliphatic rings. The van der Waals surface area contributed by atoms with Crippen LogP contribution < -0.4 is 14.8 Å². The van der Waals surface area contributed by atoms with Crippen molar-refractivity contribution in [1.82, 2.24) is 4.98 Å². The molecule has 8 nitrogen and oxygen atoms in total. The third-order valence-corrected chi connectivity index (χ3v) is 4.20. The molecule has 26 heavy (non-hydrogen) atoms. The number of hydrogen-bond acceptors (Lipinski definition) is 6. The van der Waals surface area contributed by atoms with Gasteiger partial charge in [-0.15, -0.1) is 0 Å². The number of nitrogens with one attached hydrogen (secondary N) is 2. The van der Waals surface area contributed by atoms with Crippen molar-refractivity contribution in [3.05, 3.63) is 48.2 Å². The molecule has 0 spiro atoms. The molecule has 1 aliphatic heterocycles. The molecule has 1 fully saturated rings. The summed E-state index contributed by atoms with van der Waals surface area (Å²) in [5, 5.41) is 2.70. The second kappa shape index (κ2) is 7.71. The number of carbonyl (C=O) groups excluding carboxylic acids is 1. The predicted octanol–water partition coefficient (Wildman–Crippen LogP) is 1.87. The van der Waals surface area contributed by atoms with Gasteiger partial charge in [0.15, 0.2) is 0 Å². The summed E-state index contributed by atoms with van der Waals surface area (Å²) in [6, 6.07) is 9.68. The third-order valence-electron chi connectivity index (χ3n) is 3.60. The normalized spacial score (nSPS) is 16.9. The van der Waals surface area contributed by atoms with Crippen molar-refractivity contribution in [2.24, 2.45) is 0 Å². The number of sulfonamides is 1. The summed E-state index contributed by atoms with van der Waals surface area (Å²) in [6.45, 7) is 1.22. The number of carbonyl (C=O) groups is 1. The second-order valence-corrected chi connectivity index (χ2v) is 7.65. The lowest BCUT2D eigenvalue weighted by Crippen LogP contribution is -2.17. The highest BCUT2D eigenvalue weighted by atomic mass is 32.2. The Morgan fingerprint density at radius 2 is 2.08 bits per heavy atom. The van der Waals surface area contributed by atoms with Crippen LogP contribution in [0.5, 0.6) is 5.88 Å². The number of nitrogens with zero attached hydrogens (tertiary/aromatic N) is 1. The van der Waals surface area contributed by atoms with Gasteiger partial charge in [0, 0.05) is 24.4 Å². The second-order valence-electron chi connectivity index (χ2n) is 5.90. The van der Waals surface area contributed by atoms with E-state index in [1.165, 1.54) is 12.3 Å². The highest BCUT2D eigenvalue weighted by molar-refractivity contribution is 7.92. The van der Waals surface area contributed by atoms with Crippen molar-refractivity contribution in [1.29, 1.82) is 0 Å². The Morgan fingerprint density at radius 3 is 2.73 bits per heavy atom. The molecular formula is C17H19N3O5S. The number of anilines is 2. The number of hydrogen-bond donors (Lipinski definition) is 2. The van der Waals surface area contributed by atoms with E-state index in [1.54, 1.807) is 30.3 Å². The average Bonchev–Trinajstić information content (AvgIpc) is 3.07. The fourth-order valence-electron chi connectivity index (χ4n) is 2.44. The molecule has 138 valence electrons. The lowest BCUT2D eigenvalue weighted by Gasteiger charge is -2.11. The molecule has 2 aromatic rings. The molecule has 0 saturated carbocycles. The molecule has 1 aromatic heterocycles. The summed E-state index contributed by atoms with van der Waals surface area (Å²) in [5.41, 5.74) is 1.19. The molecular weight excluding hydrogens is 358 g/mol. The lowest BCUT2D eigenvalue weighted by atomic mass is 10.2. The molecule has 1 aromatic carbocycles. The summed E-state index contributed by atoms with van der Waals surface area (Å²) < 4.78 is 35.8. The average molecular weight is 377 g/mol. The van der Waals surface area contributed by atoms with E-state index >= 15 is 0 Å². The van der Waals surface area contributed by atoms with E-state index in [2.05, 4.69) is 15.0 Å². The monoisotopic (exact) mass is 377 g/mol. The molecule has 1 amide bonds. The number of ether oxygens (including phenoxy) is 2. The van der Waals surface area contributed by atoms with E-state index in [4.69, 9.17) is 9.47 Å². The topological polar surface area (TPSA) is 107 Å². The summed E-state index contributed by atoms with van der Waals surface area (Å²) in [4.78, 5) is 16.5. The van der Waals surface area contributed by atoms with Gasteiger partial charge in [0.25, 0.3) is 5.91 Å². The largest absolute Gasteiger partial charge is 0.472 e. The molecule has 0 radical (unpaired) electrons. The van der Waals surface area contributed by atoms with Gasteiger partial charge in [-0.1, -0.05) is 6.07 Å². The number of pyridine rings is 1. The zero-order chi connectivity index (χ0) is 18.6. The van der Waals surface area contributed by atoms with Crippen molar-refractivity contribution >= 4 is 27.3 Å². The van der Waals surface area contributed by atoms with E-state index < -0.39 is 10.0 Å². The van der Waals surface area contributed by atoms with E-state index in [0.29, 0.717) is 36.0 Å². The first-order valence-corrected chi connectivity index (χ1v) is 9.88. The predicted molar refractivity (Wildman–Crippen MR) is 97.0 cm³/mol. The summed E-state index contributed by atoms with van der Waals surface area (Å²) >= 11 is 0. The molecule has 2 heterocycles. The number of benzene rings is 1. The van der Waals surface area contributed by atoms with Gasteiger partial charge in [0.1, 0.15) is 6.10 Å². The minimum absolute atomic E-state index is 0.00717. The maximum Gasteiger partial charge on any atom is 0.257 e. The van der Waals surface area contributed by atoms with Crippen LogP contribution in [0, 0.1) is 0 Å². The van der Waals surface area contributed by atoms with Gasteiger partial charge >= 0.3 is 0 Å².